The predicted molar refractivity (Wildman–Crippen MR) is 105 cm³/mol. The summed E-state index contributed by atoms with van der Waals surface area (Å²) in [6.45, 7) is 5.09. The molecule has 1 N–H and O–H groups in total. The molecule has 0 fully saturated rings. The highest BCUT2D eigenvalue weighted by Gasteiger charge is 2.00. The maximum Gasteiger partial charge on any atom is 0.0431 e. The lowest BCUT2D eigenvalue weighted by Crippen LogP contribution is -1.93. The number of rotatable bonds is 19. The lowest BCUT2D eigenvalue weighted by Gasteiger charge is -2.09. The SMILES string of the molecule is CCCC(C)CCCCCCCCCCCCCCCCCO. The first-order valence-corrected chi connectivity index (χ1v) is 10.9. The van der Waals surface area contributed by atoms with Gasteiger partial charge in [-0.05, 0) is 12.3 Å². The second-order valence-corrected chi connectivity index (χ2v) is 7.71. The first-order valence-electron chi connectivity index (χ1n) is 10.9. The van der Waals surface area contributed by atoms with Crippen LogP contribution in [0.2, 0.25) is 0 Å². The summed E-state index contributed by atoms with van der Waals surface area (Å²) >= 11 is 0. The summed E-state index contributed by atoms with van der Waals surface area (Å²) in [5, 5.41) is 8.71. The molecule has 0 amide bonds. The highest BCUT2D eigenvalue weighted by atomic mass is 16.2. The fourth-order valence-electron chi connectivity index (χ4n) is 3.54. The van der Waals surface area contributed by atoms with E-state index >= 15 is 0 Å². The molecule has 0 aromatic heterocycles. The van der Waals surface area contributed by atoms with Crippen molar-refractivity contribution < 1.29 is 5.11 Å². The molecule has 0 aromatic rings. The highest BCUT2D eigenvalue weighted by molar-refractivity contribution is 4.54. The van der Waals surface area contributed by atoms with Gasteiger partial charge in [0.25, 0.3) is 0 Å². The zero-order valence-electron chi connectivity index (χ0n) is 16.5. The molecular formula is C22H46O. The van der Waals surface area contributed by atoms with E-state index in [-0.39, 0.29) is 0 Å². The van der Waals surface area contributed by atoms with Crippen molar-refractivity contribution in [3.63, 3.8) is 0 Å². The zero-order chi connectivity index (χ0) is 17.0. The van der Waals surface area contributed by atoms with Crippen LogP contribution in [0.4, 0.5) is 0 Å². The summed E-state index contributed by atoms with van der Waals surface area (Å²) in [6.07, 6.45) is 25.1. The minimum atomic E-state index is 0.373. The van der Waals surface area contributed by atoms with E-state index < -0.39 is 0 Å². The molecule has 23 heavy (non-hydrogen) atoms. The third-order valence-electron chi connectivity index (χ3n) is 5.14. The summed E-state index contributed by atoms with van der Waals surface area (Å²) < 4.78 is 0. The van der Waals surface area contributed by atoms with Crippen LogP contribution in [-0.4, -0.2) is 11.7 Å². The highest BCUT2D eigenvalue weighted by Crippen LogP contribution is 2.17. The van der Waals surface area contributed by atoms with Gasteiger partial charge in [-0.3, -0.25) is 0 Å². The van der Waals surface area contributed by atoms with E-state index in [0.717, 1.165) is 12.3 Å². The Morgan fingerprint density at radius 1 is 0.522 bits per heavy atom. The third kappa shape index (κ3) is 19.9. The van der Waals surface area contributed by atoms with Gasteiger partial charge in [-0.15, -0.1) is 0 Å². The van der Waals surface area contributed by atoms with Gasteiger partial charge >= 0.3 is 0 Å². The van der Waals surface area contributed by atoms with Gasteiger partial charge in [0.15, 0.2) is 0 Å². The molecule has 0 rings (SSSR count). The minimum absolute atomic E-state index is 0.373. The monoisotopic (exact) mass is 326 g/mol. The predicted octanol–water partition coefficient (Wildman–Crippen LogP) is 7.66. The first-order chi connectivity index (χ1) is 11.3. The summed E-state index contributed by atoms with van der Waals surface area (Å²) in [5.41, 5.74) is 0. The molecule has 1 unspecified atom stereocenters. The van der Waals surface area contributed by atoms with E-state index in [2.05, 4.69) is 13.8 Å². The number of aliphatic hydroxyl groups is 1. The Labute approximate surface area is 147 Å². The molecule has 1 atom stereocenters. The van der Waals surface area contributed by atoms with Crippen molar-refractivity contribution >= 4 is 0 Å². The maximum absolute atomic E-state index is 8.71. The van der Waals surface area contributed by atoms with Gasteiger partial charge in [0.1, 0.15) is 0 Å². The largest absolute Gasteiger partial charge is 0.396 e. The van der Waals surface area contributed by atoms with Gasteiger partial charge in [0.2, 0.25) is 0 Å². The minimum Gasteiger partial charge on any atom is -0.396 e. The molecule has 0 aromatic carbocycles. The van der Waals surface area contributed by atoms with Crippen molar-refractivity contribution in [2.45, 2.75) is 129 Å². The Morgan fingerprint density at radius 3 is 1.22 bits per heavy atom. The van der Waals surface area contributed by atoms with Crippen molar-refractivity contribution in [2.24, 2.45) is 5.92 Å². The molecule has 140 valence electrons. The van der Waals surface area contributed by atoms with Crippen LogP contribution in [0.15, 0.2) is 0 Å². The molecule has 0 spiro atoms. The van der Waals surface area contributed by atoms with Gasteiger partial charge < -0.3 is 5.11 Å². The number of hydrogen-bond acceptors (Lipinski definition) is 1. The average Bonchev–Trinajstić information content (AvgIpc) is 2.54. The fraction of sp³-hybridized carbons (Fsp3) is 1.00. The van der Waals surface area contributed by atoms with Gasteiger partial charge in [-0.25, -0.2) is 0 Å². The molecule has 0 aliphatic rings. The number of hydrogen-bond donors (Lipinski definition) is 1. The summed E-state index contributed by atoms with van der Waals surface area (Å²) in [4.78, 5) is 0. The molecule has 1 heteroatoms. The van der Waals surface area contributed by atoms with E-state index in [1.165, 1.54) is 109 Å². The number of aliphatic hydroxyl groups excluding tert-OH is 1. The Hall–Kier alpha value is -0.0400. The van der Waals surface area contributed by atoms with Crippen LogP contribution in [0.25, 0.3) is 0 Å². The topological polar surface area (TPSA) is 20.2 Å². The zero-order valence-corrected chi connectivity index (χ0v) is 16.5. The normalized spacial score (nSPS) is 12.7. The molecule has 0 heterocycles. The molecule has 0 aliphatic heterocycles. The van der Waals surface area contributed by atoms with Crippen molar-refractivity contribution in [2.75, 3.05) is 6.61 Å². The first kappa shape index (κ1) is 23.0. The smallest absolute Gasteiger partial charge is 0.0431 e. The van der Waals surface area contributed by atoms with Crippen LogP contribution in [-0.2, 0) is 0 Å². The van der Waals surface area contributed by atoms with E-state index in [4.69, 9.17) is 5.11 Å². The van der Waals surface area contributed by atoms with Crippen molar-refractivity contribution in [1.82, 2.24) is 0 Å². The lowest BCUT2D eigenvalue weighted by atomic mass is 9.98. The standard InChI is InChI=1S/C22H46O/c1-3-19-22(2)20-17-15-13-11-9-7-5-4-6-8-10-12-14-16-18-21-23/h22-23H,3-21H2,1-2H3. The maximum atomic E-state index is 8.71. The van der Waals surface area contributed by atoms with Gasteiger partial charge in [-0.1, -0.05) is 123 Å². The summed E-state index contributed by atoms with van der Waals surface area (Å²) in [7, 11) is 0. The van der Waals surface area contributed by atoms with Crippen molar-refractivity contribution in [3.8, 4) is 0 Å². The molecular weight excluding hydrogens is 280 g/mol. The average molecular weight is 327 g/mol. The van der Waals surface area contributed by atoms with E-state index in [1.807, 2.05) is 0 Å². The number of unbranched alkanes of at least 4 members (excludes halogenated alkanes) is 14. The fourth-order valence-corrected chi connectivity index (χ4v) is 3.54. The van der Waals surface area contributed by atoms with Crippen molar-refractivity contribution in [3.05, 3.63) is 0 Å². The Morgan fingerprint density at radius 2 is 0.870 bits per heavy atom. The van der Waals surface area contributed by atoms with Crippen LogP contribution < -0.4 is 0 Å². The van der Waals surface area contributed by atoms with Crippen LogP contribution in [0.5, 0.6) is 0 Å². The Kier molecular flexibility index (Phi) is 20.0. The lowest BCUT2D eigenvalue weighted by molar-refractivity contribution is 0.282. The van der Waals surface area contributed by atoms with E-state index in [1.54, 1.807) is 0 Å². The van der Waals surface area contributed by atoms with Crippen LogP contribution in [0, 0.1) is 5.92 Å². The van der Waals surface area contributed by atoms with Gasteiger partial charge in [0, 0.05) is 6.61 Å². The molecule has 0 bridgehead atoms. The van der Waals surface area contributed by atoms with Crippen LogP contribution in [0.3, 0.4) is 0 Å². The third-order valence-corrected chi connectivity index (χ3v) is 5.14. The quantitative estimate of drug-likeness (QED) is 0.242. The summed E-state index contributed by atoms with van der Waals surface area (Å²) in [5.74, 6) is 0.953. The molecule has 0 saturated carbocycles. The molecule has 0 saturated heterocycles. The van der Waals surface area contributed by atoms with Crippen molar-refractivity contribution in [1.29, 1.82) is 0 Å². The Bertz CT molecular complexity index is 202. The second-order valence-electron chi connectivity index (χ2n) is 7.71. The second kappa shape index (κ2) is 20.0. The molecule has 1 nitrogen and oxygen atoms in total. The van der Waals surface area contributed by atoms with Crippen LogP contribution >= 0.6 is 0 Å². The van der Waals surface area contributed by atoms with Gasteiger partial charge in [0.05, 0.1) is 0 Å². The van der Waals surface area contributed by atoms with Gasteiger partial charge in [-0.2, -0.15) is 0 Å². The Balaban J connectivity index is 3.00. The molecule has 0 radical (unpaired) electrons. The molecule has 0 aliphatic carbocycles. The van der Waals surface area contributed by atoms with E-state index in [9.17, 15) is 0 Å². The van der Waals surface area contributed by atoms with Crippen LogP contribution in [0.1, 0.15) is 129 Å². The van der Waals surface area contributed by atoms with E-state index in [0.29, 0.717) is 6.61 Å². The summed E-state index contributed by atoms with van der Waals surface area (Å²) in [6, 6.07) is 0.